The van der Waals surface area contributed by atoms with Crippen LogP contribution in [0.5, 0.6) is 0 Å². The van der Waals surface area contributed by atoms with Gasteiger partial charge < -0.3 is 5.73 Å². The number of hydrogen-bond acceptors (Lipinski definition) is 5. The predicted octanol–water partition coefficient (Wildman–Crippen LogP) is 3.07. The maximum atomic E-state index is 6.07. The molecule has 0 amide bonds. The Morgan fingerprint density at radius 3 is 2.38 bits per heavy atom. The molecule has 0 aromatic heterocycles. The molecule has 4 N–H and O–H groups in total. The summed E-state index contributed by atoms with van der Waals surface area (Å²) in [6.45, 7) is 0. The van der Waals surface area contributed by atoms with Gasteiger partial charge in [-0.2, -0.15) is 5.10 Å². The van der Waals surface area contributed by atoms with E-state index < -0.39 is 0 Å². The van der Waals surface area contributed by atoms with Gasteiger partial charge in [0.25, 0.3) is 0 Å². The molecule has 0 fully saturated rings. The summed E-state index contributed by atoms with van der Waals surface area (Å²) in [6.07, 6.45) is 2.73. The molecular formula is C16H16N4S. The molecule has 2 aromatic carbocycles. The average Bonchev–Trinajstić information content (AvgIpc) is 2.56. The van der Waals surface area contributed by atoms with Crippen LogP contribution in [-0.4, -0.2) is 5.71 Å². The van der Waals surface area contributed by atoms with Gasteiger partial charge in [-0.05, 0) is 47.9 Å². The molecule has 3 rings (SSSR count). The highest BCUT2D eigenvalue weighted by Gasteiger charge is 2.15. The van der Waals surface area contributed by atoms with Crippen molar-refractivity contribution in [2.45, 2.75) is 11.3 Å². The van der Waals surface area contributed by atoms with E-state index >= 15 is 0 Å². The smallest absolute Gasteiger partial charge is 0.121 e. The van der Waals surface area contributed by atoms with E-state index in [9.17, 15) is 0 Å². The number of allylic oxidation sites excluding steroid dienone is 1. The molecule has 0 radical (unpaired) electrons. The van der Waals surface area contributed by atoms with Gasteiger partial charge in [0.05, 0.1) is 11.4 Å². The standard InChI is InChI=1S/C16H16N4S/c17-16-11-10-15(12-4-2-1-3-5-12)19-20(16)13-6-8-14(21-18)9-7-13/h1-9,11H,10,17-18H2. The highest BCUT2D eigenvalue weighted by Crippen LogP contribution is 2.24. The molecular weight excluding hydrogens is 280 g/mol. The third-order valence-corrected chi connectivity index (χ3v) is 3.84. The van der Waals surface area contributed by atoms with Crippen molar-refractivity contribution in [1.29, 1.82) is 0 Å². The zero-order valence-electron chi connectivity index (χ0n) is 11.4. The number of benzene rings is 2. The number of hydrogen-bond donors (Lipinski definition) is 2. The van der Waals surface area contributed by atoms with Crippen LogP contribution < -0.4 is 15.9 Å². The molecule has 1 aliphatic rings. The Hall–Kier alpha value is -2.24. The Bertz CT molecular complexity index is 677. The van der Waals surface area contributed by atoms with Gasteiger partial charge in [0.15, 0.2) is 0 Å². The van der Waals surface area contributed by atoms with E-state index in [4.69, 9.17) is 10.9 Å². The summed E-state index contributed by atoms with van der Waals surface area (Å²) in [7, 11) is 0. The van der Waals surface area contributed by atoms with Crippen molar-refractivity contribution in [3.8, 4) is 0 Å². The maximum Gasteiger partial charge on any atom is 0.121 e. The van der Waals surface area contributed by atoms with E-state index in [1.54, 1.807) is 5.01 Å². The molecule has 106 valence electrons. The molecule has 5 heteroatoms. The van der Waals surface area contributed by atoms with Crippen molar-refractivity contribution in [3.05, 3.63) is 72.1 Å². The molecule has 0 saturated carbocycles. The topological polar surface area (TPSA) is 67.6 Å². The summed E-state index contributed by atoms with van der Waals surface area (Å²) >= 11 is 1.22. The van der Waals surface area contributed by atoms with Gasteiger partial charge in [-0.1, -0.05) is 30.3 Å². The van der Waals surface area contributed by atoms with Crippen LogP contribution in [-0.2, 0) is 0 Å². The van der Waals surface area contributed by atoms with Crippen LogP contribution in [0.3, 0.4) is 0 Å². The summed E-state index contributed by atoms with van der Waals surface area (Å²) < 4.78 is 0. The second-order valence-corrected chi connectivity index (χ2v) is 5.38. The minimum Gasteiger partial charge on any atom is -0.384 e. The Labute approximate surface area is 128 Å². The molecule has 0 saturated heterocycles. The Kier molecular flexibility index (Phi) is 3.94. The summed E-state index contributed by atoms with van der Waals surface area (Å²) in [5, 5.41) is 12.0. The van der Waals surface area contributed by atoms with Crippen molar-refractivity contribution >= 4 is 23.3 Å². The number of nitrogens with two attached hydrogens (primary N) is 2. The summed E-state index contributed by atoms with van der Waals surface area (Å²) in [4.78, 5) is 1.01. The molecule has 2 aromatic rings. The minimum absolute atomic E-state index is 0.642. The van der Waals surface area contributed by atoms with Crippen LogP contribution >= 0.6 is 11.9 Å². The molecule has 0 bridgehead atoms. The predicted molar refractivity (Wildman–Crippen MR) is 88.8 cm³/mol. The van der Waals surface area contributed by atoms with Crippen LogP contribution in [0.2, 0.25) is 0 Å². The molecule has 0 aliphatic carbocycles. The lowest BCUT2D eigenvalue weighted by Crippen LogP contribution is -2.27. The summed E-state index contributed by atoms with van der Waals surface area (Å²) in [5.41, 5.74) is 9.11. The molecule has 0 unspecified atom stereocenters. The Morgan fingerprint density at radius 2 is 1.71 bits per heavy atom. The zero-order chi connectivity index (χ0) is 14.7. The monoisotopic (exact) mass is 296 g/mol. The molecule has 0 spiro atoms. The number of anilines is 1. The fourth-order valence-corrected chi connectivity index (χ4v) is 2.48. The van der Waals surface area contributed by atoms with Gasteiger partial charge in [0.1, 0.15) is 5.82 Å². The Balaban J connectivity index is 1.93. The SMILES string of the molecule is NSc1ccc(N2N=C(c3ccccc3)CC=C2N)cc1. The highest BCUT2D eigenvalue weighted by molar-refractivity contribution is 7.97. The van der Waals surface area contributed by atoms with Crippen molar-refractivity contribution in [3.63, 3.8) is 0 Å². The summed E-state index contributed by atoms with van der Waals surface area (Å²) in [6, 6.07) is 18.0. The van der Waals surface area contributed by atoms with Crippen molar-refractivity contribution < 1.29 is 0 Å². The lowest BCUT2D eigenvalue weighted by atomic mass is 10.1. The normalized spacial score (nSPS) is 14.6. The van der Waals surface area contributed by atoms with Gasteiger partial charge in [-0.25, -0.2) is 5.01 Å². The van der Waals surface area contributed by atoms with E-state index in [1.807, 2.05) is 48.5 Å². The van der Waals surface area contributed by atoms with Crippen LogP contribution in [0.15, 0.2) is 76.5 Å². The summed E-state index contributed by atoms with van der Waals surface area (Å²) in [5.74, 6) is 0.642. The average molecular weight is 296 g/mol. The second-order valence-electron chi connectivity index (χ2n) is 4.67. The second kappa shape index (κ2) is 6.03. The van der Waals surface area contributed by atoms with Gasteiger partial charge in [0, 0.05) is 11.3 Å². The molecule has 1 heterocycles. The van der Waals surface area contributed by atoms with Gasteiger partial charge in [-0.15, -0.1) is 0 Å². The quantitative estimate of drug-likeness (QED) is 0.854. The first-order chi connectivity index (χ1) is 10.3. The lowest BCUT2D eigenvalue weighted by molar-refractivity contribution is 0.938. The van der Waals surface area contributed by atoms with E-state index in [1.165, 1.54) is 11.9 Å². The zero-order valence-corrected chi connectivity index (χ0v) is 12.3. The molecule has 4 nitrogen and oxygen atoms in total. The molecule has 1 aliphatic heterocycles. The minimum atomic E-state index is 0.642. The maximum absolute atomic E-state index is 6.07. The number of hydrazone groups is 1. The first-order valence-corrected chi connectivity index (χ1v) is 7.51. The van der Waals surface area contributed by atoms with E-state index in [-0.39, 0.29) is 0 Å². The van der Waals surface area contributed by atoms with Gasteiger partial charge in [-0.3, -0.25) is 5.14 Å². The van der Waals surface area contributed by atoms with Crippen LogP contribution in [0.25, 0.3) is 0 Å². The van der Waals surface area contributed by atoms with E-state index in [2.05, 4.69) is 17.2 Å². The lowest BCUT2D eigenvalue weighted by Gasteiger charge is -2.24. The van der Waals surface area contributed by atoms with Crippen molar-refractivity contribution in [1.82, 2.24) is 0 Å². The molecule has 0 atom stereocenters. The van der Waals surface area contributed by atoms with Gasteiger partial charge in [0.2, 0.25) is 0 Å². The fourth-order valence-electron chi connectivity index (χ4n) is 2.19. The Morgan fingerprint density at radius 1 is 1.00 bits per heavy atom. The van der Waals surface area contributed by atoms with Gasteiger partial charge >= 0.3 is 0 Å². The fraction of sp³-hybridized carbons (Fsp3) is 0.0625. The molecule has 21 heavy (non-hydrogen) atoms. The first kappa shape index (κ1) is 13.7. The van der Waals surface area contributed by atoms with Crippen LogP contribution in [0, 0.1) is 0 Å². The van der Waals surface area contributed by atoms with E-state index in [0.717, 1.165) is 28.3 Å². The van der Waals surface area contributed by atoms with Crippen LogP contribution in [0.1, 0.15) is 12.0 Å². The van der Waals surface area contributed by atoms with Crippen molar-refractivity contribution in [2.24, 2.45) is 16.0 Å². The first-order valence-electron chi connectivity index (χ1n) is 6.63. The number of nitrogens with zero attached hydrogens (tertiary/aromatic N) is 2. The third kappa shape index (κ3) is 2.94. The van der Waals surface area contributed by atoms with Crippen LogP contribution in [0.4, 0.5) is 5.69 Å². The third-order valence-electron chi connectivity index (χ3n) is 3.29. The number of rotatable bonds is 3. The highest BCUT2D eigenvalue weighted by atomic mass is 32.2. The van der Waals surface area contributed by atoms with Crippen molar-refractivity contribution in [2.75, 3.05) is 5.01 Å². The van der Waals surface area contributed by atoms with E-state index in [0.29, 0.717) is 5.82 Å². The largest absolute Gasteiger partial charge is 0.384 e.